The van der Waals surface area contributed by atoms with Crippen LogP contribution in [-0.4, -0.2) is 30.3 Å². The Balaban J connectivity index is 1.87. The number of para-hydroxylation sites is 3. The van der Waals surface area contributed by atoms with Crippen molar-refractivity contribution in [3.63, 3.8) is 0 Å². The number of benzene rings is 3. The Hall–Kier alpha value is -3.82. The first-order valence-electron chi connectivity index (χ1n) is 11.6. The maximum absolute atomic E-state index is 12.9. The van der Waals surface area contributed by atoms with Gasteiger partial charge in [0.2, 0.25) is 5.91 Å². The third-order valence-electron chi connectivity index (χ3n) is 5.42. The Labute approximate surface area is 224 Å². The van der Waals surface area contributed by atoms with Crippen molar-refractivity contribution in [1.29, 1.82) is 0 Å². The van der Waals surface area contributed by atoms with Gasteiger partial charge < -0.3 is 25.6 Å². The van der Waals surface area contributed by atoms with Crippen LogP contribution in [0.3, 0.4) is 0 Å². The van der Waals surface area contributed by atoms with Crippen LogP contribution in [0.25, 0.3) is 0 Å². The fourth-order valence-electron chi connectivity index (χ4n) is 3.55. The molecule has 5 N–H and O–H groups in total. The molecule has 0 aliphatic heterocycles. The van der Waals surface area contributed by atoms with E-state index in [1.54, 1.807) is 78.9 Å². The van der Waals surface area contributed by atoms with Crippen LogP contribution in [0, 0.1) is 5.41 Å². The monoisotopic (exact) mass is 567 g/mol. The Bertz CT molecular complexity index is 1240. The van der Waals surface area contributed by atoms with E-state index in [1.165, 1.54) is 6.08 Å². The van der Waals surface area contributed by atoms with Crippen LogP contribution in [0.4, 0.5) is 21.9 Å². The molecule has 3 rings (SSSR count). The number of hydrogen-bond acceptors (Lipinski definition) is 6. The summed E-state index contributed by atoms with van der Waals surface area (Å²) in [6.45, 7) is 3.59. The maximum atomic E-state index is 12.9. The lowest BCUT2D eigenvalue weighted by Crippen LogP contribution is -2.28. The summed E-state index contributed by atoms with van der Waals surface area (Å²) in [5.74, 6) is 0.0785. The Morgan fingerprint density at radius 1 is 1.03 bits per heavy atom. The molecule has 0 fully saturated rings. The van der Waals surface area contributed by atoms with Crippen LogP contribution in [0.5, 0.6) is 5.75 Å². The van der Waals surface area contributed by atoms with Gasteiger partial charge in [-0.3, -0.25) is 10.1 Å². The smallest absolute Gasteiger partial charge is 0.412 e. The number of amides is 2. The van der Waals surface area contributed by atoms with Gasteiger partial charge >= 0.3 is 6.09 Å². The maximum Gasteiger partial charge on any atom is 0.412 e. The molecule has 0 unspecified atom stereocenters. The van der Waals surface area contributed by atoms with Crippen molar-refractivity contribution in [2.75, 3.05) is 29.6 Å². The zero-order valence-electron chi connectivity index (χ0n) is 20.6. The number of aliphatic hydroxyl groups is 1. The van der Waals surface area contributed by atoms with Crippen LogP contribution < -0.4 is 21.1 Å². The summed E-state index contributed by atoms with van der Waals surface area (Å²) in [5.41, 5.74) is 7.16. The molecule has 0 radical (unpaired) electrons. The second-order valence-corrected chi connectivity index (χ2v) is 9.67. The number of nitrogens with two attached hydrogens (primary N) is 1. The minimum atomic E-state index is -0.852. The van der Waals surface area contributed by atoms with E-state index in [0.717, 1.165) is 4.47 Å². The lowest BCUT2D eigenvalue weighted by molar-refractivity contribution is -0.112. The lowest BCUT2D eigenvalue weighted by Gasteiger charge is -2.32. The molecule has 2 amide bonds. The van der Waals surface area contributed by atoms with Crippen LogP contribution in [0.1, 0.15) is 25.5 Å². The topological polar surface area (TPSA) is 123 Å². The largest absolute Gasteiger partial charge is 0.491 e. The van der Waals surface area contributed by atoms with Crippen molar-refractivity contribution in [3.05, 3.63) is 95.0 Å². The summed E-state index contributed by atoms with van der Waals surface area (Å²) in [4.78, 5) is 25.6. The molecule has 0 aliphatic rings. The molecular weight excluding hydrogens is 538 g/mol. The molecule has 3 aromatic carbocycles. The standard InChI is InChI=1S/C28H30BrN3O5/c1-28(2,16-15-25(34)32-23-9-5-4-8-22(23)30)26(21-7-3-6-10-24(21)36-18-17-33)37-27(35)31-20-13-11-19(29)12-14-20/h3-16,26,33H,17-18,30H2,1-2H3,(H,31,35)(H,32,34)/b16-15+/t26-/m1/s1. The van der Waals surface area contributed by atoms with E-state index in [1.807, 2.05) is 13.8 Å². The number of rotatable bonds is 10. The third kappa shape index (κ3) is 8.09. The summed E-state index contributed by atoms with van der Waals surface area (Å²) >= 11 is 3.37. The number of aliphatic hydroxyl groups excluding tert-OH is 1. The molecule has 0 aromatic heterocycles. The number of anilines is 3. The van der Waals surface area contributed by atoms with Gasteiger partial charge in [-0.15, -0.1) is 0 Å². The number of nitrogen functional groups attached to an aromatic ring is 1. The minimum Gasteiger partial charge on any atom is -0.491 e. The first kappa shape index (κ1) is 27.8. The predicted molar refractivity (Wildman–Crippen MR) is 148 cm³/mol. The summed E-state index contributed by atoms with van der Waals surface area (Å²) < 4.78 is 12.5. The number of carbonyl (C=O) groups excluding carboxylic acids is 2. The van der Waals surface area contributed by atoms with E-state index in [9.17, 15) is 14.7 Å². The molecular formula is C28H30BrN3O5. The number of nitrogens with one attached hydrogen (secondary N) is 2. The highest BCUT2D eigenvalue weighted by atomic mass is 79.9. The molecule has 0 bridgehead atoms. The van der Waals surface area contributed by atoms with Gasteiger partial charge in [-0.05, 0) is 48.5 Å². The normalized spacial score (nSPS) is 12.1. The number of carbonyl (C=O) groups is 2. The number of ether oxygens (including phenoxy) is 2. The van der Waals surface area contributed by atoms with E-state index < -0.39 is 17.6 Å². The van der Waals surface area contributed by atoms with Crippen molar-refractivity contribution < 1.29 is 24.2 Å². The van der Waals surface area contributed by atoms with Crippen molar-refractivity contribution in [2.45, 2.75) is 20.0 Å². The van der Waals surface area contributed by atoms with Crippen LogP contribution in [-0.2, 0) is 9.53 Å². The van der Waals surface area contributed by atoms with Gasteiger partial charge in [0.25, 0.3) is 0 Å². The molecule has 0 saturated heterocycles. The van der Waals surface area contributed by atoms with Gasteiger partial charge in [0.15, 0.2) is 0 Å². The summed E-state index contributed by atoms with van der Waals surface area (Å²) in [5, 5.41) is 14.7. The van der Waals surface area contributed by atoms with Crippen molar-refractivity contribution in [1.82, 2.24) is 0 Å². The molecule has 0 spiro atoms. The van der Waals surface area contributed by atoms with Gasteiger partial charge in [-0.1, -0.05) is 66.2 Å². The molecule has 1 atom stereocenters. The van der Waals surface area contributed by atoms with Crippen LogP contribution >= 0.6 is 15.9 Å². The molecule has 37 heavy (non-hydrogen) atoms. The van der Waals surface area contributed by atoms with Crippen molar-refractivity contribution in [3.8, 4) is 5.75 Å². The molecule has 0 aliphatic carbocycles. The lowest BCUT2D eigenvalue weighted by atomic mass is 9.81. The van der Waals surface area contributed by atoms with E-state index in [-0.39, 0.29) is 19.1 Å². The van der Waals surface area contributed by atoms with Crippen molar-refractivity contribution in [2.24, 2.45) is 5.41 Å². The molecule has 194 valence electrons. The molecule has 0 saturated carbocycles. The van der Waals surface area contributed by atoms with Gasteiger partial charge in [-0.2, -0.15) is 0 Å². The SMILES string of the molecule is CC(C)(/C=C/C(=O)Nc1ccccc1N)[C@H](OC(=O)Nc1ccc(Br)cc1)c1ccccc1OCCO. The summed E-state index contributed by atoms with van der Waals surface area (Å²) in [7, 11) is 0. The van der Waals surface area contributed by atoms with E-state index >= 15 is 0 Å². The van der Waals surface area contributed by atoms with E-state index in [2.05, 4.69) is 26.6 Å². The Morgan fingerprint density at radius 2 is 1.70 bits per heavy atom. The average Bonchev–Trinajstić information content (AvgIpc) is 2.88. The second-order valence-electron chi connectivity index (χ2n) is 8.76. The van der Waals surface area contributed by atoms with Gasteiger partial charge in [-0.25, -0.2) is 4.79 Å². The molecule has 9 heteroatoms. The van der Waals surface area contributed by atoms with Gasteiger partial charge in [0.1, 0.15) is 18.5 Å². The van der Waals surface area contributed by atoms with E-state index in [4.69, 9.17) is 15.2 Å². The summed E-state index contributed by atoms with van der Waals surface area (Å²) in [6.07, 6.45) is 1.53. The highest BCUT2D eigenvalue weighted by molar-refractivity contribution is 9.10. The zero-order chi connectivity index (χ0) is 26.8. The fourth-order valence-corrected chi connectivity index (χ4v) is 3.82. The van der Waals surface area contributed by atoms with E-state index in [0.29, 0.717) is 28.4 Å². The van der Waals surface area contributed by atoms with Gasteiger partial charge in [0.05, 0.1) is 18.0 Å². The molecule has 8 nitrogen and oxygen atoms in total. The van der Waals surface area contributed by atoms with Crippen LogP contribution in [0.2, 0.25) is 0 Å². The van der Waals surface area contributed by atoms with Gasteiger partial charge in [0, 0.05) is 21.1 Å². The minimum absolute atomic E-state index is 0.0754. The summed E-state index contributed by atoms with van der Waals surface area (Å²) in [6, 6.07) is 21.1. The fraction of sp³-hybridized carbons (Fsp3) is 0.214. The van der Waals surface area contributed by atoms with Crippen LogP contribution in [0.15, 0.2) is 89.4 Å². The average molecular weight is 568 g/mol. The quantitative estimate of drug-likeness (QED) is 0.178. The third-order valence-corrected chi connectivity index (χ3v) is 5.95. The zero-order valence-corrected chi connectivity index (χ0v) is 22.2. The Morgan fingerprint density at radius 3 is 2.41 bits per heavy atom. The first-order chi connectivity index (χ1) is 17.7. The first-order valence-corrected chi connectivity index (χ1v) is 12.4. The second kappa shape index (κ2) is 12.9. The Kier molecular flexibility index (Phi) is 9.71. The highest BCUT2D eigenvalue weighted by Crippen LogP contribution is 2.42. The van der Waals surface area contributed by atoms with Crippen molar-refractivity contribution >= 4 is 45.0 Å². The predicted octanol–water partition coefficient (Wildman–Crippen LogP) is 5.91. The molecule has 0 heterocycles. The highest BCUT2D eigenvalue weighted by Gasteiger charge is 2.34. The number of hydrogen-bond donors (Lipinski definition) is 4. The number of halogens is 1. The molecule has 3 aromatic rings.